The van der Waals surface area contributed by atoms with E-state index >= 15 is 0 Å². The van der Waals surface area contributed by atoms with Crippen LogP contribution >= 0.6 is 11.6 Å². The average molecular weight is 353 g/mol. The average Bonchev–Trinajstić information content (AvgIpc) is 2.56. The highest BCUT2D eigenvalue weighted by Gasteiger charge is 2.31. The number of aliphatic hydroxyl groups excluding tert-OH is 1. The van der Waals surface area contributed by atoms with Crippen LogP contribution in [-0.2, 0) is 9.59 Å². The zero-order valence-corrected chi connectivity index (χ0v) is 14.2. The van der Waals surface area contributed by atoms with E-state index in [1.807, 2.05) is 4.90 Å². The fourth-order valence-electron chi connectivity index (χ4n) is 3.39. The number of halogens is 1. The molecule has 2 heterocycles. The number of carbonyl (C=O) groups is 2. The van der Waals surface area contributed by atoms with Gasteiger partial charge in [-0.3, -0.25) is 4.79 Å². The first-order valence-electron chi connectivity index (χ1n) is 8.24. The van der Waals surface area contributed by atoms with Crippen molar-refractivity contribution in [2.24, 2.45) is 0 Å². The molecule has 1 unspecified atom stereocenters. The van der Waals surface area contributed by atoms with Gasteiger partial charge in [0.2, 0.25) is 5.91 Å². The van der Waals surface area contributed by atoms with Crippen molar-refractivity contribution in [3.63, 3.8) is 0 Å². The molecular formula is C17H21ClN2O4. The summed E-state index contributed by atoms with van der Waals surface area (Å²) in [6.45, 7) is 0.898. The Hall–Kier alpha value is -1.79. The standard InChI is InChI=1S/C17H21ClN2O4/c18-12-4-5-15-14(9-12)19(11-17(23)24-15)10-16(22)20-7-2-1-3-13(20)6-8-21/h4-5,9,13,21H,1-3,6-8,10-11H2. The lowest BCUT2D eigenvalue weighted by atomic mass is 9.99. The van der Waals surface area contributed by atoms with E-state index < -0.39 is 0 Å². The molecule has 1 amide bonds. The molecule has 0 saturated carbocycles. The molecule has 1 aromatic carbocycles. The third-order valence-electron chi connectivity index (χ3n) is 4.54. The molecule has 130 valence electrons. The minimum atomic E-state index is -0.386. The van der Waals surface area contributed by atoms with Gasteiger partial charge in [-0.2, -0.15) is 0 Å². The van der Waals surface area contributed by atoms with E-state index in [1.54, 1.807) is 23.1 Å². The van der Waals surface area contributed by atoms with E-state index in [9.17, 15) is 14.7 Å². The normalized spacial score (nSPS) is 20.6. The number of hydrogen-bond donors (Lipinski definition) is 1. The molecule has 7 heteroatoms. The number of likely N-dealkylation sites (tertiary alicyclic amines) is 1. The highest BCUT2D eigenvalue weighted by Crippen LogP contribution is 2.34. The minimum absolute atomic E-state index is 0.0254. The fourth-order valence-corrected chi connectivity index (χ4v) is 3.56. The first-order valence-corrected chi connectivity index (χ1v) is 8.62. The summed E-state index contributed by atoms with van der Waals surface area (Å²) < 4.78 is 5.21. The highest BCUT2D eigenvalue weighted by atomic mass is 35.5. The lowest BCUT2D eigenvalue weighted by Crippen LogP contribution is -2.50. The van der Waals surface area contributed by atoms with E-state index in [1.165, 1.54) is 0 Å². The van der Waals surface area contributed by atoms with Crippen molar-refractivity contribution < 1.29 is 19.4 Å². The van der Waals surface area contributed by atoms with E-state index in [4.69, 9.17) is 16.3 Å². The second-order valence-electron chi connectivity index (χ2n) is 6.19. The number of ether oxygens (including phenoxy) is 1. The van der Waals surface area contributed by atoms with Gasteiger partial charge in [-0.05, 0) is 43.9 Å². The SMILES string of the molecule is O=C1CN(CC(=O)N2CCCCC2CCO)c2cc(Cl)ccc2O1. The lowest BCUT2D eigenvalue weighted by Gasteiger charge is -2.38. The fraction of sp³-hybridized carbons (Fsp3) is 0.529. The minimum Gasteiger partial charge on any atom is -0.423 e. The third-order valence-corrected chi connectivity index (χ3v) is 4.78. The number of nitrogens with zero attached hydrogens (tertiary/aromatic N) is 2. The Kier molecular flexibility index (Phi) is 5.26. The number of amides is 1. The monoisotopic (exact) mass is 352 g/mol. The van der Waals surface area contributed by atoms with Crippen molar-refractivity contribution >= 4 is 29.2 Å². The number of benzene rings is 1. The van der Waals surface area contributed by atoms with Crippen LogP contribution in [-0.4, -0.2) is 54.2 Å². The summed E-state index contributed by atoms with van der Waals surface area (Å²) in [7, 11) is 0. The van der Waals surface area contributed by atoms with Gasteiger partial charge in [-0.1, -0.05) is 11.6 Å². The summed E-state index contributed by atoms with van der Waals surface area (Å²) >= 11 is 6.04. The van der Waals surface area contributed by atoms with Crippen molar-refractivity contribution in [2.75, 3.05) is 31.1 Å². The zero-order chi connectivity index (χ0) is 17.1. The molecule has 1 aromatic rings. The van der Waals surface area contributed by atoms with Gasteiger partial charge < -0.3 is 19.6 Å². The second-order valence-corrected chi connectivity index (χ2v) is 6.63. The summed E-state index contributed by atoms with van der Waals surface area (Å²) in [5.41, 5.74) is 0.658. The van der Waals surface area contributed by atoms with Crippen molar-refractivity contribution in [3.8, 4) is 5.75 Å². The Morgan fingerprint density at radius 3 is 3.00 bits per heavy atom. The largest absolute Gasteiger partial charge is 0.423 e. The molecule has 1 saturated heterocycles. The van der Waals surface area contributed by atoms with Crippen LogP contribution in [0.5, 0.6) is 5.75 Å². The zero-order valence-electron chi connectivity index (χ0n) is 13.4. The maximum atomic E-state index is 12.8. The number of carbonyl (C=O) groups excluding carboxylic acids is 2. The van der Waals surface area contributed by atoms with Gasteiger partial charge in [0.1, 0.15) is 6.54 Å². The van der Waals surface area contributed by atoms with Crippen molar-refractivity contribution in [1.82, 2.24) is 4.90 Å². The first kappa shape index (κ1) is 17.0. The summed E-state index contributed by atoms with van der Waals surface area (Å²) in [4.78, 5) is 28.1. The van der Waals surface area contributed by atoms with Gasteiger partial charge in [0.25, 0.3) is 0 Å². The van der Waals surface area contributed by atoms with Gasteiger partial charge in [0.05, 0.1) is 12.2 Å². The molecule has 0 spiro atoms. The number of esters is 1. The molecule has 1 atom stereocenters. The molecule has 3 rings (SSSR count). The summed E-state index contributed by atoms with van der Waals surface area (Å²) in [6.07, 6.45) is 3.55. The van der Waals surface area contributed by atoms with Crippen LogP contribution in [0.2, 0.25) is 5.02 Å². The molecule has 0 aliphatic carbocycles. The predicted molar refractivity (Wildman–Crippen MR) is 90.4 cm³/mol. The van der Waals surface area contributed by atoms with Gasteiger partial charge in [-0.15, -0.1) is 0 Å². The summed E-state index contributed by atoms with van der Waals surface area (Å²) in [6, 6.07) is 5.08. The molecule has 0 bridgehead atoms. The second kappa shape index (κ2) is 7.40. The first-order chi connectivity index (χ1) is 11.6. The molecule has 2 aliphatic rings. The third kappa shape index (κ3) is 3.65. The topological polar surface area (TPSA) is 70.1 Å². The van der Waals surface area contributed by atoms with Crippen molar-refractivity contribution in [3.05, 3.63) is 23.2 Å². The van der Waals surface area contributed by atoms with Gasteiger partial charge >= 0.3 is 5.97 Å². The van der Waals surface area contributed by atoms with Gasteiger partial charge in [0, 0.05) is 24.2 Å². The van der Waals surface area contributed by atoms with E-state index in [-0.39, 0.29) is 37.6 Å². The van der Waals surface area contributed by atoms with Crippen LogP contribution in [0.3, 0.4) is 0 Å². The van der Waals surface area contributed by atoms with Crippen LogP contribution in [0.15, 0.2) is 18.2 Å². The smallest absolute Gasteiger partial charge is 0.331 e. The molecule has 24 heavy (non-hydrogen) atoms. The Bertz CT molecular complexity index is 635. The van der Waals surface area contributed by atoms with Crippen LogP contribution in [0.4, 0.5) is 5.69 Å². The van der Waals surface area contributed by atoms with E-state index in [0.29, 0.717) is 29.4 Å². The summed E-state index contributed by atoms with van der Waals surface area (Å²) in [5.74, 6) is 0.00551. The van der Waals surface area contributed by atoms with Crippen LogP contribution in [0.1, 0.15) is 25.7 Å². The maximum absolute atomic E-state index is 12.8. The van der Waals surface area contributed by atoms with E-state index in [0.717, 1.165) is 19.3 Å². The van der Waals surface area contributed by atoms with Crippen molar-refractivity contribution in [1.29, 1.82) is 0 Å². The molecule has 1 fully saturated rings. The lowest BCUT2D eigenvalue weighted by molar-refractivity contribution is -0.134. The number of anilines is 1. The van der Waals surface area contributed by atoms with Crippen molar-refractivity contribution in [2.45, 2.75) is 31.7 Å². The molecule has 0 aromatic heterocycles. The molecular weight excluding hydrogens is 332 g/mol. The number of fused-ring (bicyclic) bond motifs is 1. The van der Waals surface area contributed by atoms with Crippen LogP contribution in [0.25, 0.3) is 0 Å². The Labute approximate surface area is 145 Å². The number of rotatable bonds is 4. The molecule has 0 radical (unpaired) electrons. The molecule has 6 nitrogen and oxygen atoms in total. The molecule has 1 N–H and O–H groups in total. The quantitative estimate of drug-likeness (QED) is 0.661. The van der Waals surface area contributed by atoms with Crippen LogP contribution in [0, 0.1) is 0 Å². The predicted octanol–water partition coefficient (Wildman–Crippen LogP) is 1.83. The summed E-state index contributed by atoms with van der Waals surface area (Å²) in [5, 5.41) is 9.74. The number of hydrogen-bond acceptors (Lipinski definition) is 5. The van der Waals surface area contributed by atoms with Gasteiger partial charge in [0.15, 0.2) is 5.75 Å². The van der Waals surface area contributed by atoms with Crippen LogP contribution < -0.4 is 9.64 Å². The Morgan fingerprint density at radius 1 is 1.38 bits per heavy atom. The maximum Gasteiger partial charge on any atom is 0.331 e. The highest BCUT2D eigenvalue weighted by molar-refractivity contribution is 6.31. The Balaban J connectivity index is 1.76. The van der Waals surface area contributed by atoms with E-state index in [2.05, 4.69) is 0 Å². The molecule has 2 aliphatic heterocycles. The number of aliphatic hydroxyl groups is 1. The van der Waals surface area contributed by atoms with Gasteiger partial charge in [-0.25, -0.2) is 4.79 Å². The Morgan fingerprint density at radius 2 is 2.21 bits per heavy atom. The number of piperidine rings is 1.